The highest BCUT2D eigenvalue weighted by Crippen LogP contribution is 2.20. The number of hydrogen-bond acceptors (Lipinski definition) is 1. The van der Waals surface area contributed by atoms with Gasteiger partial charge in [0, 0.05) is 5.54 Å². The highest BCUT2D eigenvalue weighted by atomic mass is 14.7. The number of rotatable bonds is 2. The fraction of sp³-hybridized carbons (Fsp3) is 0.333. The molecule has 0 saturated carbocycles. The van der Waals surface area contributed by atoms with Gasteiger partial charge in [0.1, 0.15) is 0 Å². The smallest absolute Gasteiger partial charge is 0.0352 e. The molecule has 0 amide bonds. The van der Waals surface area contributed by atoms with Crippen LogP contribution >= 0.6 is 0 Å². The second-order valence-corrected chi connectivity index (χ2v) is 4.08. The SMILES string of the molecule is C=C(C)c1cccc(C(C)(C)N)c1. The molecule has 0 heterocycles. The Kier molecular flexibility index (Phi) is 2.58. The van der Waals surface area contributed by atoms with Crippen LogP contribution in [-0.2, 0) is 5.54 Å². The summed E-state index contributed by atoms with van der Waals surface area (Å²) >= 11 is 0. The zero-order chi connectivity index (χ0) is 10.1. The minimum absolute atomic E-state index is 0.272. The summed E-state index contributed by atoms with van der Waals surface area (Å²) in [6.45, 7) is 9.92. The summed E-state index contributed by atoms with van der Waals surface area (Å²) in [5.74, 6) is 0. The molecule has 0 spiro atoms. The Hall–Kier alpha value is -1.08. The summed E-state index contributed by atoms with van der Waals surface area (Å²) in [5.41, 5.74) is 9.11. The Bertz CT molecular complexity index is 318. The van der Waals surface area contributed by atoms with Gasteiger partial charge in [-0.25, -0.2) is 0 Å². The van der Waals surface area contributed by atoms with Crippen molar-refractivity contribution in [3.63, 3.8) is 0 Å². The first-order chi connectivity index (χ1) is 5.91. The molecule has 1 aromatic carbocycles. The van der Waals surface area contributed by atoms with Crippen LogP contribution in [0.3, 0.4) is 0 Å². The van der Waals surface area contributed by atoms with Crippen LogP contribution in [0.5, 0.6) is 0 Å². The van der Waals surface area contributed by atoms with E-state index in [1.807, 2.05) is 32.9 Å². The third-order valence-corrected chi connectivity index (χ3v) is 2.10. The van der Waals surface area contributed by atoms with Crippen LogP contribution in [0, 0.1) is 0 Å². The topological polar surface area (TPSA) is 26.0 Å². The zero-order valence-corrected chi connectivity index (χ0v) is 8.59. The highest BCUT2D eigenvalue weighted by molar-refractivity contribution is 5.62. The normalized spacial score (nSPS) is 11.4. The van der Waals surface area contributed by atoms with Gasteiger partial charge in [-0.05, 0) is 38.0 Å². The van der Waals surface area contributed by atoms with Crippen LogP contribution in [0.2, 0.25) is 0 Å². The zero-order valence-electron chi connectivity index (χ0n) is 8.59. The maximum absolute atomic E-state index is 6.00. The van der Waals surface area contributed by atoms with Gasteiger partial charge in [0.25, 0.3) is 0 Å². The molecule has 0 radical (unpaired) electrons. The fourth-order valence-electron chi connectivity index (χ4n) is 1.19. The molecule has 1 rings (SSSR count). The van der Waals surface area contributed by atoms with Gasteiger partial charge in [-0.1, -0.05) is 30.4 Å². The van der Waals surface area contributed by atoms with E-state index in [9.17, 15) is 0 Å². The first-order valence-electron chi connectivity index (χ1n) is 4.46. The Morgan fingerprint density at radius 1 is 1.38 bits per heavy atom. The molecular weight excluding hydrogens is 158 g/mol. The molecule has 2 N–H and O–H groups in total. The van der Waals surface area contributed by atoms with Crippen LogP contribution in [0.4, 0.5) is 0 Å². The van der Waals surface area contributed by atoms with E-state index in [1.165, 1.54) is 0 Å². The predicted molar refractivity (Wildman–Crippen MR) is 58.4 cm³/mol. The number of allylic oxidation sites excluding steroid dienone is 1. The first kappa shape index (κ1) is 10.0. The summed E-state index contributed by atoms with van der Waals surface area (Å²) in [7, 11) is 0. The molecule has 0 aromatic heterocycles. The van der Waals surface area contributed by atoms with Gasteiger partial charge in [-0.2, -0.15) is 0 Å². The van der Waals surface area contributed by atoms with Crippen molar-refractivity contribution in [3.8, 4) is 0 Å². The van der Waals surface area contributed by atoms with Crippen molar-refractivity contribution in [1.29, 1.82) is 0 Å². The van der Waals surface area contributed by atoms with Gasteiger partial charge in [0.2, 0.25) is 0 Å². The third kappa shape index (κ3) is 2.43. The van der Waals surface area contributed by atoms with E-state index in [2.05, 4.69) is 18.7 Å². The van der Waals surface area contributed by atoms with Crippen molar-refractivity contribution in [2.75, 3.05) is 0 Å². The van der Waals surface area contributed by atoms with Crippen LogP contribution in [0.15, 0.2) is 30.8 Å². The standard InChI is InChI=1S/C12H17N/c1-9(2)10-6-5-7-11(8-10)12(3,4)13/h5-8H,1,13H2,2-4H3. The maximum Gasteiger partial charge on any atom is 0.0352 e. The molecule has 1 nitrogen and oxygen atoms in total. The van der Waals surface area contributed by atoms with Crippen LogP contribution in [0.25, 0.3) is 5.57 Å². The Morgan fingerprint density at radius 2 is 2.00 bits per heavy atom. The lowest BCUT2D eigenvalue weighted by Gasteiger charge is -2.19. The minimum Gasteiger partial charge on any atom is -0.322 e. The van der Waals surface area contributed by atoms with Crippen molar-refractivity contribution >= 4 is 5.57 Å². The van der Waals surface area contributed by atoms with E-state index >= 15 is 0 Å². The van der Waals surface area contributed by atoms with Crippen LogP contribution in [0.1, 0.15) is 31.9 Å². The molecule has 13 heavy (non-hydrogen) atoms. The second-order valence-electron chi connectivity index (χ2n) is 4.08. The molecule has 0 aliphatic heterocycles. The molecule has 0 fully saturated rings. The maximum atomic E-state index is 6.00. The van der Waals surface area contributed by atoms with E-state index in [0.29, 0.717) is 0 Å². The highest BCUT2D eigenvalue weighted by Gasteiger charge is 2.13. The van der Waals surface area contributed by atoms with Gasteiger partial charge in [0.15, 0.2) is 0 Å². The molecule has 0 atom stereocenters. The van der Waals surface area contributed by atoms with Crippen molar-refractivity contribution in [2.24, 2.45) is 5.73 Å². The molecule has 0 saturated heterocycles. The first-order valence-corrected chi connectivity index (χ1v) is 4.46. The molecule has 0 aliphatic carbocycles. The molecule has 0 unspecified atom stereocenters. The number of hydrogen-bond donors (Lipinski definition) is 1. The largest absolute Gasteiger partial charge is 0.322 e. The van der Waals surface area contributed by atoms with E-state index in [1.54, 1.807) is 0 Å². The molecule has 70 valence electrons. The molecular formula is C12H17N. The summed E-state index contributed by atoms with van der Waals surface area (Å²) in [5, 5.41) is 0. The lowest BCUT2D eigenvalue weighted by Crippen LogP contribution is -2.28. The molecule has 1 heteroatoms. The summed E-state index contributed by atoms with van der Waals surface area (Å²) in [6.07, 6.45) is 0. The number of nitrogens with two attached hydrogens (primary N) is 1. The lowest BCUT2D eigenvalue weighted by atomic mass is 9.93. The van der Waals surface area contributed by atoms with Crippen molar-refractivity contribution in [2.45, 2.75) is 26.3 Å². The van der Waals surface area contributed by atoms with Crippen molar-refractivity contribution in [3.05, 3.63) is 42.0 Å². The van der Waals surface area contributed by atoms with Gasteiger partial charge < -0.3 is 5.73 Å². The van der Waals surface area contributed by atoms with Gasteiger partial charge in [-0.3, -0.25) is 0 Å². The third-order valence-electron chi connectivity index (χ3n) is 2.10. The summed E-state index contributed by atoms with van der Waals surface area (Å²) < 4.78 is 0. The van der Waals surface area contributed by atoms with Crippen LogP contribution < -0.4 is 5.73 Å². The quantitative estimate of drug-likeness (QED) is 0.734. The number of benzene rings is 1. The second kappa shape index (κ2) is 3.35. The molecule has 1 aromatic rings. The van der Waals surface area contributed by atoms with E-state index in [0.717, 1.165) is 16.7 Å². The lowest BCUT2D eigenvalue weighted by molar-refractivity contribution is 0.554. The Balaban J connectivity index is 3.13. The average molecular weight is 175 g/mol. The molecule has 0 bridgehead atoms. The predicted octanol–water partition coefficient (Wildman–Crippen LogP) is 2.91. The van der Waals surface area contributed by atoms with Crippen molar-refractivity contribution < 1.29 is 0 Å². The Morgan fingerprint density at radius 3 is 2.46 bits per heavy atom. The molecule has 0 aliphatic rings. The summed E-state index contributed by atoms with van der Waals surface area (Å²) in [4.78, 5) is 0. The van der Waals surface area contributed by atoms with Gasteiger partial charge in [-0.15, -0.1) is 0 Å². The van der Waals surface area contributed by atoms with E-state index in [-0.39, 0.29) is 5.54 Å². The van der Waals surface area contributed by atoms with Gasteiger partial charge in [0.05, 0.1) is 0 Å². The summed E-state index contributed by atoms with van der Waals surface area (Å²) in [6, 6.07) is 8.22. The monoisotopic (exact) mass is 175 g/mol. The van der Waals surface area contributed by atoms with E-state index < -0.39 is 0 Å². The minimum atomic E-state index is -0.272. The van der Waals surface area contributed by atoms with E-state index in [4.69, 9.17) is 5.73 Å². The Labute approximate surface area is 80.3 Å². The fourth-order valence-corrected chi connectivity index (χ4v) is 1.19. The van der Waals surface area contributed by atoms with Gasteiger partial charge >= 0.3 is 0 Å². The van der Waals surface area contributed by atoms with Crippen LogP contribution in [-0.4, -0.2) is 0 Å². The van der Waals surface area contributed by atoms with Crippen molar-refractivity contribution in [1.82, 2.24) is 0 Å². The average Bonchev–Trinajstić information content (AvgIpc) is 2.03.